The van der Waals surface area contributed by atoms with Crippen molar-refractivity contribution in [2.24, 2.45) is 11.8 Å². The second-order valence-electron chi connectivity index (χ2n) is 9.97. The highest BCUT2D eigenvalue weighted by atomic mass is 32.1. The van der Waals surface area contributed by atoms with Gasteiger partial charge >= 0.3 is 5.97 Å². The molecule has 0 radical (unpaired) electrons. The molecule has 4 heterocycles. The third kappa shape index (κ3) is 4.18. The lowest BCUT2D eigenvalue weighted by atomic mass is 9.82. The van der Waals surface area contributed by atoms with Gasteiger partial charge in [-0.05, 0) is 35.9 Å². The maximum Gasteiger partial charge on any atom is 0.344 e. The topological polar surface area (TPSA) is 46.5 Å². The molecule has 4 aliphatic rings. The van der Waals surface area contributed by atoms with Crippen LogP contribution >= 0.6 is 11.3 Å². The average molecular weight is 453 g/mol. The Bertz CT molecular complexity index is 927. The fourth-order valence-electron chi connectivity index (χ4n) is 6.12. The Morgan fingerprint density at radius 2 is 1.84 bits per heavy atom. The number of quaternary nitrogens is 1. The molecule has 1 saturated carbocycles. The molecule has 6 rings (SSSR count). The fourth-order valence-corrected chi connectivity index (χ4v) is 7.01. The van der Waals surface area contributed by atoms with Gasteiger partial charge in [0, 0.05) is 29.6 Å². The van der Waals surface area contributed by atoms with Crippen molar-refractivity contribution in [1.82, 2.24) is 0 Å². The second kappa shape index (κ2) is 9.12. The molecule has 3 aliphatic heterocycles. The molecular formula is C27H34NO3S+. The molecule has 4 fully saturated rings. The molecule has 3 saturated heterocycles. The van der Waals surface area contributed by atoms with E-state index in [2.05, 4.69) is 36.4 Å². The minimum atomic E-state index is -1.49. The normalized spacial score (nSPS) is 29.9. The number of rotatable bonds is 7. The van der Waals surface area contributed by atoms with E-state index < -0.39 is 11.6 Å². The van der Waals surface area contributed by atoms with Crippen molar-refractivity contribution in [3.05, 3.63) is 64.4 Å². The molecule has 5 heteroatoms. The molecule has 170 valence electrons. The van der Waals surface area contributed by atoms with Gasteiger partial charge in [0.15, 0.2) is 11.7 Å². The highest BCUT2D eigenvalue weighted by molar-refractivity contribution is 7.10. The zero-order chi connectivity index (χ0) is 22.0. The molecule has 1 aromatic heterocycles. The van der Waals surface area contributed by atoms with Crippen molar-refractivity contribution in [3.63, 3.8) is 0 Å². The summed E-state index contributed by atoms with van der Waals surface area (Å²) in [5.41, 5.74) is -0.271. The van der Waals surface area contributed by atoms with Crippen LogP contribution in [0.15, 0.2) is 53.9 Å². The van der Waals surface area contributed by atoms with E-state index in [-0.39, 0.29) is 12.0 Å². The van der Waals surface area contributed by atoms with Crippen LogP contribution in [0, 0.1) is 11.8 Å². The zero-order valence-electron chi connectivity index (χ0n) is 18.7. The predicted octanol–water partition coefficient (Wildman–Crippen LogP) is 4.99. The number of esters is 1. The van der Waals surface area contributed by atoms with Gasteiger partial charge in [-0.3, -0.25) is 0 Å². The van der Waals surface area contributed by atoms with Gasteiger partial charge in [0.2, 0.25) is 0 Å². The molecular weight excluding hydrogens is 418 g/mol. The molecule has 2 aromatic rings. The van der Waals surface area contributed by atoms with Gasteiger partial charge in [0.05, 0.1) is 19.6 Å². The van der Waals surface area contributed by atoms with Gasteiger partial charge in [0.25, 0.3) is 0 Å². The highest BCUT2D eigenvalue weighted by Gasteiger charge is 2.52. The van der Waals surface area contributed by atoms with Crippen molar-refractivity contribution < 1.29 is 19.1 Å². The van der Waals surface area contributed by atoms with Crippen LogP contribution in [-0.4, -0.2) is 47.8 Å². The van der Waals surface area contributed by atoms with Gasteiger partial charge < -0.3 is 14.3 Å². The summed E-state index contributed by atoms with van der Waals surface area (Å²) in [5.74, 6) is -0.0246. The maximum absolute atomic E-state index is 13.5. The Kier molecular flexibility index (Phi) is 6.24. The van der Waals surface area contributed by atoms with Crippen LogP contribution in [0.2, 0.25) is 0 Å². The minimum absolute atomic E-state index is 0.0355. The first kappa shape index (κ1) is 21.9. The minimum Gasteiger partial charge on any atom is -0.454 e. The third-order valence-electron chi connectivity index (χ3n) is 8.06. The van der Waals surface area contributed by atoms with Crippen molar-refractivity contribution in [2.75, 3.05) is 26.2 Å². The molecule has 0 amide bonds. The quantitative estimate of drug-likeness (QED) is 0.475. The number of nitrogens with zero attached hydrogens (tertiary/aromatic N) is 1. The largest absolute Gasteiger partial charge is 0.454 e. The Morgan fingerprint density at radius 3 is 2.53 bits per heavy atom. The van der Waals surface area contributed by atoms with Crippen LogP contribution in [0.25, 0.3) is 6.08 Å². The Balaban J connectivity index is 1.29. The van der Waals surface area contributed by atoms with E-state index >= 15 is 0 Å². The summed E-state index contributed by atoms with van der Waals surface area (Å²) in [6.07, 6.45) is 10.5. The molecule has 1 N–H and O–H groups in total. The van der Waals surface area contributed by atoms with Crippen LogP contribution in [0.1, 0.15) is 49.0 Å². The van der Waals surface area contributed by atoms with Gasteiger partial charge in [-0.15, -0.1) is 11.3 Å². The Labute approximate surface area is 195 Å². The number of ether oxygens (including phenoxy) is 1. The summed E-state index contributed by atoms with van der Waals surface area (Å²) in [6, 6.07) is 14.2. The number of thiophene rings is 1. The van der Waals surface area contributed by atoms with E-state index in [1.54, 1.807) is 0 Å². The van der Waals surface area contributed by atoms with Crippen LogP contribution < -0.4 is 0 Å². The van der Waals surface area contributed by atoms with E-state index in [0.717, 1.165) is 74.1 Å². The van der Waals surface area contributed by atoms with E-state index in [4.69, 9.17) is 4.74 Å². The van der Waals surface area contributed by atoms with Crippen molar-refractivity contribution >= 4 is 23.4 Å². The number of carbonyl (C=O) groups is 1. The Hall–Kier alpha value is -1.95. The van der Waals surface area contributed by atoms with E-state index in [1.165, 1.54) is 16.9 Å². The van der Waals surface area contributed by atoms with E-state index in [9.17, 15) is 9.90 Å². The van der Waals surface area contributed by atoms with Gasteiger partial charge in [0.1, 0.15) is 6.54 Å². The molecule has 1 aromatic carbocycles. The lowest BCUT2D eigenvalue weighted by Gasteiger charge is -2.52. The van der Waals surface area contributed by atoms with Gasteiger partial charge in [-0.25, -0.2) is 4.79 Å². The van der Waals surface area contributed by atoms with Crippen LogP contribution in [0.5, 0.6) is 0 Å². The molecule has 1 aliphatic carbocycles. The summed E-state index contributed by atoms with van der Waals surface area (Å²) < 4.78 is 7.18. The molecule has 0 spiro atoms. The first-order valence-electron chi connectivity index (χ1n) is 12.1. The second-order valence-corrected chi connectivity index (χ2v) is 10.9. The number of hydrogen-bond acceptors (Lipinski definition) is 4. The Morgan fingerprint density at radius 1 is 1.09 bits per heavy atom. The van der Waals surface area contributed by atoms with Gasteiger partial charge in [-0.2, -0.15) is 0 Å². The summed E-state index contributed by atoms with van der Waals surface area (Å²) in [7, 11) is 0. The predicted molar refractivity (Wildman–Crippen MR) is 128 cm³/mol. The first-order valence-corrected chi connectivity index (χ1v) is 13.0. The summed E-state index contributed by atoms with van der Waals surface area (Å²) in [5, 5.41) is 13.6. The summed E-state index contributed by atoms with van der Waals surface area (Å²) >= 11 is 1.47. The molecule has 2 atom stereocenters. The number of fused-ring (bicyclic) bond motifs is 3. The summed E-state index contributed by atoms with van der Waals surface area (Å²) in [6.45, 7) is 4.12. The zero-order valence-corrected chi connectivity index (χ0v) is 19.5. The lowest BCUT2D eigenvalue weighted by Crippen LogP contribution is -2.65. The SMILES string of the molecule is O=C(O[C@H]1C[N+]2(CC=Cc3ccccc3)CCC1CC2)[C@](O)(c1cccs1)C1CCCC1. The smallest absolute Gasteiger partial charge is 0.344 e. The van der Waals surface area contributed by atoms with Crippen molar-refractivity contribution in [3.8, 4) is 0 Å². The number of benzene rings is 1. The van der Waals surface area contributed by atoms with Crippen LogP contribution in [0.3, 0.4) is 0 Å². The standard InChI is InChI=1S/C27H34NO3S/c29-26(27(30,23-11-4-5-12-23)25-13-7-19-32-25)31-24-20-28(17-14-22(24)15-18-28)16-6-10-21-8-2-1-3-9-21/h1-3,6-10,13,19,22-24,30H,4-5,11-12,14-18,20H2/q+1/t22?,24-,27+,28?/m0/s1. The lowest BCUT2D eigenvalue weighted by molar-refractivity contribution is -0.941. The summed E-state index contributed by atoms with van der Waals surface area (Å²) in [4.78, 5) is 14.3. The molecule has 32 heavy (non-hydrogen) atoms. The van der Waals surface area contributed by atoms with E-state index in [1.807, 2.05) is 23.6 Å². The number of carbonyl (C=O) groups excluding carboxylic acids is 1. The molecule has 0 unspecified atom stereocenters. The van der Waals surface area contributed by atoms with Crippen LogP contribution in [-0.2, 0) is 15.1 Å². The average Bonchev–Trinajstić information content (AvgIpc) is 3.55. The van der Waals surface area contributed by atoms with Crippen LogP contribution in [0.4, 0.5) is 0 Å². The molecule has 2 bridgehead atoms. The van der Waals surface area contributed by atoms with E-state index in [0.29, 0.717) is 5.92 Å². The van der Waals surface area contributed by atoms with Crippen molar-refractivity contribution in [2.45, 2.75) is 50.2 Å². The monoisotopic (exact) mass is 452 g/mol. The van der Waals surface area contributed by atoms with Crippen molar-refractivity contribution in [1.29, 1.82) is 0 Å². The fraction of sp³-hybridized carbons (Fsp3) is 0.519. The third-order valence-corrected chi connectivity index (χ3v) is 9.05. The van der Waals surface area contributed by atoms with Gasteiger partial charge in [-0.1, -0.05) is 55.3 Å². The highest BCUT2D eigenvalue weighted by Crippen LogP contribution is 2.44. The number of piperidine rings is 3. The molecule has 4 nitrogen and oxygen atoms in total. The maximum atomic E-state index is 13.5. The first-order chi connectivity index (χ1) is 15.6. The number of hydrogen-bond donors (Lipinski definition) is 1. The number of aliphatic hydroxyl groups is 1.